The van der Waals surface area contributed by atoms with E-state index in [0.29, 0.717) is 0 Å². The van der Waals surface area contributed by atoms with Gasteiger partial charge in [-0.25, -0.2) is 0 Å². The van der Waals surface area contributed by atoms with Gasteiger partial charge in [0.2, 0.25) is 0 Å². The molecule has 0 unspecified atom stereocenters. The first kappa shape index (κ1) is 4.42. The topological polar surface area (TPSA) is 14.1 Å². The molecule has 2 aliphatic rings. The lowest BCUT2D eigenvalue weighted by atomic mass is 10.3. The first-order valence-corrected chi connectivity index (χ1v) is 3.34. The molecule has 1 fully saturated rings. The molecule has 0 atom stereocenters. The van der Waals surface area contributed by atoms with Crippen molar-refractivity contribution in [2.45, 2.75) is 19.3 Å². The van der Waals surface area contributed by atoms with Crippen LogP contribution in [0, 0.1) is 5.92 Å². The lowest BCUT2D eigenvalue weighted by molar-refractivity contribution is 0.791. The lowest BCUT2D eigenvalue weighted by Crippen LogP contribution is -1.98. The van der Waals surface area contributed by atoms with Crippen LogP contribution in [-0.4, -0.2) is 6.54 Å². The van der Waals surface area contributed by atoms with E-state index in [9.17, 15) is 0 Å². The van der Waals surface area contributed by atoms with Gasteiger partial charge in [0.15, 0.2) is 0 Å². The van der Waals surface area contributed by atoms with Gasteiger partial charge in [0, 0.05) is 18.2 Å². The summed E-state index contributed by atoms with van der Waals surface area (Å²) in [6.45, 7) is 1.06. The fraction of sp³-hybridized carbons (Fsp3) is 0.714. The summed E-state index contributed by atoms with van der Waals surface area (Å²) in [5, 5.41) is 4.36. The van der Waals surface area contributed by atoms with Crippen molar-refractivity contribution in [2.75, 3.05) is 6.54 Å². The highest BCUT2D eigenvalue weighted by Crippen LogP contribution is 2.36. The van der Waals surface area contributed by atoms with E-state index in [0.717, 1.165) is 12.5 Å². The SMILES string of the molecule is C1=C(C2CC2)[N]CC1. The zero-order valence-corrected chi connectivity index (χ0v) is 4.93. The molecule has 0 spiro atoms. The molecule has 8 heavy (non-hydrogen) atoms. The maximum atomic E-state index is 4.36. The third-order valence-corrected chi connectivity index (χ3v) is 1.77. The third-order valence-electron chi connectivity index (χ3n) is 1.77. The molecule has 1 radical (unpaired) electrons. The van der Waals surface area contributed by atoms with Gasteiger partial charge in [-0.05, 0) is 19.3 Å². The molecule has 0 amide bonds. The average Bonchev–Trinajstić information content (AvgIpc) is 2.49. The molecule has 0 aromatic carbocycles. The van der Waals surface area contributed by atoms with Crippen LogP contribution in [0.2, 0.25) is 0 Å². The molecular formula is C7H10N. The monoisotopic (exact) mass is 108 g/mol. The van der Waals surface area contributed by atoms with Crippen LogP contribution < -0.4 is 5.32 Å². The van der Waals surface area contributed by atoms with Gasteiger partial charge in [-0.3, -0.25) is 5.32 Å². The molecule has 0 N–H and O–H groups in total. The molecule has 0 aromatic heterocycles. The number of hydrogen-bond acceptors (Lipinski definition) is 0. The minimum Gasteiger partial charge on any atom is -0.289 e. The average molecular weight is 108 g/mol. The van der Waals surface area contributed by atoms with Crippen LogP contribution >= 0.6 is 0 Å². The molecule has 1 heterocycles. The van der Waals surface area contributed by atoms with Gasteiger partial charge in [0.25, 0.3) is 0 Å². The van der Waals surface area contributed by atoms with Crippen LogP contribution in [0.15, 0.2) is 11.8 Å². The number of nitrogens with zero attached hydrogens (tertiary/aromatic N) is 1. The summed E-state index contributed by atoms with van der Waals surface area (Å²) >= 11 is 0. The Kier molecular flexibility index (Phi) is 0.833. The van der Waals surface area contributed by atoms with Gasteiger partial charge >= 0.3 is 0 Å². The summed E-state index contributed by atoms with van der Waals surface area (Å²) in [6, 6.07) is 0. The van der Waals surface area contributed by atoms with Crippen LogP contribution in [0.5, 0.6) is 0 Å². The second-order valence-corrected chi connectivity index (χ2v) is 2.57. The maximum absolute atomic E-state index is 4.36. The van der Waals surface area contributed by atoms with Crippen LogP contribution in [-0.2, 0) is 0 Å². The van der Waals surface area contributed by atoms with E-state index >= 15 is 0 Å². The molecule has 1 aliphatic heterocycles. The molecule has 0 bridgehead atoms. The standard InChI is InChI=1S/C7H10N/c1-2-7(8-5-1)6-3-4-6/h2,6H,1,3-5H2. The Morgan fingerprint density at radius 1 is 1.50 bits per heavy atom. The molecule has 1 heteroatoms. The summed E-state index contributed by atoms with van der Waals surface area (Å²) in [5.41, 5.74) is 1.41. The van der Waals surface area contributed by atoms with Gasteiger partial charge in [0.1, 0.15) is 0 Å². The predicted octanol–water partition coefficient (Wildman–Crippen LogP) is 1.29. The highest BCUT2D eigenvalue weighted by Gasteiger charge is 2.27. The minimum atomic E-state index is 0.887. The highest BCUT2D eigenvalue weighted by atomic mass is 14.9. The van der Waals surface area contributed by atoms with Crippen molar-refractivity contribution in [1.82, 2.24) is 5.32 Å². The van der Waals surface area contributed by atoms with Gasteiger partial charge in [0.05, 0.1) is 0 Å². The van der Waals surface area contributed by atoms with E-state index in [1.54, 1.807) is 0 Å². The Bertz CT molecular complexity index is 122. The van der Waals surface area contributed by atoms with Gasteiger partial charge in [-0.15, -0.1) is 0 Å². The summed E-state index contributed by atoms with van der Waals surface area (Å²) in [6.07, 6.45) is 6.29. The van der Waals surface area contributed by atoms with E-state index in [-0.39, 0.29) is 0 Å². The van der Waals surface area contributed by atoms with Gasteiger partial charge in [-0.2, -0.15) is 0 Å². The van der Waals surface area contributed by atoms with Crippen molar-refractivity contribution < 1.29 is 0 Å². The first-order chi connectivity index (χ1) is 3.97. The predicted molar refractivity (Wildman–Crippen MR) is 32.4 cm³/mol. The van der Waals surface area contributed by atoms with E-state index in [1.165, 1.54) is 25.0 Å². The summed E-state index contributed by atoms with van der Waals surface area (Å²) < 4.78 is 0. The Balaban J connectivity index is 2.02. The minimum absolute atomic E-state index is 0.887. The van der Waals surface area contributed by atoms with Crippen LogP contribution in [0.4, 0.5) is 0 Å². The molecule has 1 aliphatic carbocycles. The Hall–Kier alpha value is -0.460. The van der Waals surface area contributed by atoms with Crippen LogP contribution in [0.1, 0.15) is 19.3 Å². The Labute approximate surface area is 49.8 Å². The van der Waals surface area contributed by atoms with Gasteiger partial charge in [-0.1, -0.05) is 6.08 Å². The van der Waals surface area contributed by atoms with Crippen LogP contribution in [0.3, 0.4) is 0 Å². The Morgan fingerprint density at radius 2 is 2.38 bits per heavy atom. The van der Waals surface area contributed by atoms with Crippen molar-refractivity contribution in [2.24, 2.45) is 5.92 Å². The van der Waals surface area contributed by atoms with Crippen molar-refractivity contribution in [3.05, 3.63) is 11.8 Å². The second kappa shape index (κ2) is 1.51. The molecule has 1 nitrogen and oxygen atoms in total. The molecule has 0 saturated heterocycles. The highest BCUT2D eigenvalue weighted by molar-refractivity contribution is 5.13. The van der Waals surface area contributed by atoms with Crippen LogP contribution in [0.25, 0.3) is 0 Å². The lowest BCUT2D eigenvalue weighted by Gasteiger charge is -1.93. The second-order valence-electron chi connectivity index (χ2n) is 2.57. The molecular weight excluding hydrogens is 98.1 g/mol. The van der Waals surface area contributed by atoms with Crippen molar-refractivity contribution in [3.63, 3.8) is 0 Å². The zero-order valence-electron chi connectivity index (χ0n) is 4.93. The normalized spacial score (nSPS) is 27.2. The van der Waals surface area contributed by atoms with Gasteiger partial charge < -0.3 is 0 Å². The number of hydrogen-bond donors (Lipinski definition) is 0. The molecule has 1 saturated carbocycles. The van der Waals surface area contributed by atoms with Crippen molar-refractivity contribution in [3.8, 4) is 0 Å². The summed E-state index contributed by atoms with van der Waals surface area (Å²) in [5.74, 6) is 0.887. The zero-order chi connectivity index (χ0) is 5.40. The van der Waals surface area contributed by atoms with E-state index in [1.807, 2.05) is 0 Å². The fourth-order valence-electron chi connectivity index (χ4n) is 1.15. The number of rotatable bonds is 1. The smallest absolute Gasteiger partial charge is 0.0427 e. The maximum Gasteiger partial charge on any atom is 0.0427 e. The Morgan fingerprint density at radius 3 is 2.88 bits per heavy atom. The van der Waals surface area contributed by atoms with Crippen molar-refractivity contribution in [1.29, 1.82) is 0 Å². The fourth-order valence-corrected chi connectivity index (χ4v) is 1.15. The van der Waals surface area contributed by atoms with Crippen molar-refractivity contribution >= 4 is 0 Å². The molecule has 0 aromatic rings. The number of allylic oxidation sites excluding steroid dienone is 1. The molecule has 2 rings (SSSR count). The largest absolute Gasteiger partial charge is 0.289 e. The van der Waals surface area contributed by atoms with E-state index in [2.05, 4.69) is 11.4 Å². The quantitative estimate of drug-likeness (QED) is 0.480. The molecule has 43 valence electrons. The summed E-state index contributed by atoms with van der Waals surface area (Å²) in [7, 11) is 0. The van der Waals surface area contributed by atoms with E-state index < -0.39 is 0 Å². The summed E-state index contributed by atoms with van der Waals surface area (Å²) in [4.78, 5) is 0. The van der Waals surface area contributed by atoms with E-state index in [4.69, 9.17) is 0 Å². The first-order valence-electron chi connectivity index (χ1n) is 3.34. The third kappa shape index (κ3) is 0.623.